The molecule has 0 fully saturated rings. The summed E-state index contributed by atoms with van der Waals surface area (Å²) >= 11 is 0. The highest BCUT2D eigenvalue weighted by atomic mass is 15.1. The Morgan fingerprint density at radius 1 is 0.322 bits per heavy atom. The van der Waals surface area contributed by atoms with Crippen LogP contribution in [0, 0.1) is 0 Å². The summed E-state index contributed by atoms with van der Waals surface area (Å²) in [7, 11) is 0. The van der Waals surface area contributed by atoms with E-state index in [1.807, 2.05) is 0 Å². The minimum atomic E-state index is 0.899. The van der Waals surface area contributed by atoms with Crippen molar-refractivity contribution >= 4 is 97.3 Å². The minimum absolute atomic E-state index is 0.899. The lowest BCUT2D eigenvalue weighted by Gasteiger charge is -2.17. The number of rotatable bonds is 3. The zero-order chi connectivity index (χ0) is 38.6. The van der Waals surface area contributed by atoms with Gasteiger partial charge in [0.2, 0.25) is 0 Å². The van der Waals surface area contributed by atoms with E-state index in [2.05, 4.69) is 211 Å². The van der Waals surface area contributed by atoms with Crippen LogP contribution in [-0.2, 0) is 0 Å². The van der Waals surface area contributed by atoms with Crippen LogP contribution in [-0.4, -0.2) is 9.55 Å². The molecule has 0 spiro atoms. The third-order valence-electron chi connectivity index (χ3n) is 12.7. The van der Waals surface area contributed by atoms with Gasteiger partial charge in [0, 0.05) is 21.7 Å². The van der Waals surface area contributed by atoms with Gasteiger partial charge in [-0.2, -0.15) is 0 Å². The number of benzene rings is 11. The summed E-state index contributed by atoms with van der Waals surface area (Å²) in [6.45, 7) is 0. The van der Waals surface area contributed by atoms with Crippen molar-refractivity contribution in [2.75, 3.05) is 0 Å². The summed E-state index contributed by atoms with van der Waals surface area (Å²) < 4.78 is 2.46. The molecule has 0 radical (unpaired) electrons. The van der Waals surface area contributed by atoms with Crippen molar-refractivity contribution < 1.29 is 0 Å². The predicted octanol–water partition coefficient (Wildman–Crippen LogP) is 15.6. The molecule has 2 nitrogen and oxygen atoms in total. The summed E-state index contributed by atoms with van der Waals surface area (Å²) in [5.41, 5.74) is 8.00. The van der Waals surface area contributed by atoms with E-state index in [9.17, 15) is 0 Å². The van der Waals surface area contributed by atoms with E-state index in [0.717, 1.165) is 27.8 Å². The van der Waals surface area contributed by atoms with E-state index in [0.29, 0.717) is 0 Å². The molecule has 0 aliphatic heterocycles. The number of hydrogen-bond acceptors (Lipinski definition) is 1. The summed E-state index contributed by atoms with van der Waals surface area (Å²) in [6.07, 6.45) is 0. The lowest BCUT2D eigenvalue weighted by atomic mass is 9.89. The zero-order valence-electron chi connectivity index (χ0n) is 32.0. The van der Waals surface area contributed by atoms with Gasteiger partial charge in [-0.15, -0.1) is 0 Å². The molecule has 2 heterocycles. The molecule has 13 rings (SSSR count). The first-order valence-corrected chi connectivity index (χ1v) is 20.4. The van der Waals surface area contributed by atoms with Gasteiger partial charge in [0.25, 0.3) is 0 Å². The van der Waals surface area contributed by atoms with Crippen LogP contribution in [0.4, 0.5) is 0 Å². The van der Waals surface area contributed by atoms with Crippen LogP contribution in [0.3, 0.4) is 0 Å². The first-order chi connectivity index (χ1) is 29.3. The fourth-order valence-electron chi connectivity index (χ4n) is 10.1. The third kappa shape index (κ3) is 4.72. The molecule has 0 amide bonds. The molecule has 272 valence electrons. The standard InChI is InChI=1S/C57H34N2/c1-2-15-37-31-39(26-25-35(37)13-1)49-34-54(58-52-24-12-11-23-48(49)52)59-53-30-28-36-14-3-5-17-41(36)56(53)51-32-38-16-4-6-18-42(38)55(57(51)59)40-27-29-47-45-21-8-7-19-43(45)44-20-9-10-22-46(44)50(47)33-40/h1-34H. The maximum absolute atomic E-state index is 5.55. The van der Waals surface area contributed by atoms with Gasteiger partial charge in [-0.05, 0) is 118 Å². The molecule has 0 aliphatic carbocycles. The maximum Gasteiger partial charge on any atom is 0.138 e. The van der Waals surface area contributed by atoms with Gasteiger partial charge in [-0.3, -0.25) is 4.57 Å². The summed E-state index contributed by atoms with van der Waals surface area (Å²) in [5.74, 6) is 0.899. The van der Waals surface area contributed by atoms with Crippen molar-refractivity contribution in [3.05, 3.63) is 206 Å². The fraction of sp³-hybridized carbons (Fsp3) is 0. The Bertz CT molecular complexity index is 3870. The van der Waals surface area contributed by atoms with E-state index in [1.54, 1.807) is 0 Å². The van der Waals surface area contributed by atoms with Gasteiger partial charge >= 0.3 is 0 Å². The van der Waals surface area contributed by atoms with Crippen LogP contribution in [0.2, 0.25) is 0 Å². The highest BCUT2D eigenvalue weighted by molar-refractivity contribution is 6.29. The molecule has 2 aromatic heterocycles. The van der Waals surface area contributed by atoms with Crippen LogP contribution in [0.15, 0.2) is 206 Å². The van der Waals surface area contributed by atoms with Gasteiger partial charge in [0.05, 0.1) is 16.6 Å². The Hall–Kier alpha value is -7.81. The van der Waals surface area contributed by atoms with Crippen LogP contribution >= 0.6 is 0 Å². The van der Waals surface area contributed by atoms with E-state index in [4.69, 9.17) is 4.98 Å². The normalized spacial score (nSPS) is 12.1. The average molecular weight is 747 g/mol. The summed E-state index contributed by atoms with van der Waals surface area (Å²) in [4.78, 5) is 5.55. The molecule has 0 unspecified atom stereocenters. The number of aromatic nitrogens is 2. The Kier molecular flexibility index (Phi) is 6.76. The molecule has 0 saturated carbocycles. The maximum atomic E-state index is 5.55. The van der Waals surface area contributed by atoms with Crippen LogP contribution in [0.5, 0.6) is 0 Å². The third-order valence-corrected chi connectivity index (χ3v) is 12.7. The van der Waals surface area contributed by atoms with Crippen LogP contribution < -0.4 is 0 Å². The van der Waals surface area contributed by atoms with Crippen molar-refractivity contribution in [3.8, 4) is 28.1 Å². The molecule has 0 aliphatic rings. The first kappa shape index (κ1) is 32.3. The zero-order valence-corrected chi connectivity index (χ0v) is 32.0. The van der Waals surface area contributed by atoms with Gasteiger partial charge in [-0.25, -0.2) is 4.98 Å². The van der Waals surface area contributed by atoms with Gasteiger partial charge in [0.15, 0.2) is 0 Å². The highest BCUT2D eigenvalue weighted by Gasteiger charge is 2.23. The topological polar surface area (TPSA) is 17.8 Å². The Morgan fingerprint density at radius 2 is 0.881 bits per heavy atom. The molecule has 59 heavy (non-hydrogen) atoms. The van der Waals surface area contributed by atoms with Crippen molar-refractivity contribution in [2.24, 2.45) is 0 Å². The monoisotopic (exact) mass is 746 g/mol. The lowest BCUT2D eigenvalue weighted by molar-refractivity contribution is 1.10. The van der Waals surface area contributed by atoms with E-state index in [-0.39, 0.29) is 0 Å². The molecule has 0 N–H and O–H groups in total. The number of hydrogen-bond donors (Lipinski definition) is 0. The van der Waals surface area contributed by atoms with Crippen molar-refractivity contribution in [1.82, 2.24) is 9.55 Å². The molecule has 0 bridgehead atoms. The smallest absolute Gasteiger partial charge is 0.138 e. The minimum Gasteiger partial charge on any atom is -0.293 e. The number of nitrogens with zero attached hydrogens (tertiary/aromatic N) is 2. The van der Waals surface area contributed by atoms with Crippen LogP contribution in [0.25, 0.3) is 125 Å². The van der Waals surface area contributed by atoms with E-state index < -0.39 is 0 Å². The molecule has 0 atom stereocenters. The van der Waals surface area contributed by atoms with E-state index in [1.165, 1.54) is 97.7 Å². The van der Waals surface area contributed by atoms with Crippen molar-refractivity contribution in [1.29, 1.82) is 0 Å². The quantitative estimate of drug-likeness (QED) is 0.165. The van der Waals surface area contributed by atoms with Crippen molar-refractivity contribution in [2.45, 2.75) is 0 Å². The molecule has 11 aromatic carbocycles. The second-order valence-electron chi connectivity index (χ2n) is 15.8. The van der Waals surface area contributed by atoms with E-state index >= 15 is 0 Å². The molecule has 2 heteroatoms. The molecular weight excluding hydrogens is 713 g/mol. The molecule has 13 aromatic rings. The first-order valence-electron chi connectivity index (χ1n) is 20.4. The second-order valence-corrected chi connectivity index (χ2v) is 15.8. The fourth-order valence-corrected chi connectivity index (χ4v) is 10.1. The molecule has 0 saturated heterocycles. The number of pyridine rings is 1. The molecular formula is C57H34N2. The lowest BCUT2D eigenvalue weighted by Crippen LogP contribution is -2.01. The predicted molar refractivity (Wildman–Crippen MR) is 252 cm³/mol. The Balaban J connectivity index is 1.21. The summed E-state index contributed by atoms with van der Waals surface area (Å²) in [6, 6.07) is 75.9. The average Bonchev–Trinajstić information content (AvgIpc) is 3.64. The van der Waals surface area contributed by atoms with Gasteiger partial charge in [0.1, 0.15) is 5.82 Å². The van der Waals surface area contributed by atoms with Gasteiger partial charge < -0.3 is 0 Å². The largest absolute Gasteiger partial charge is 0.293 e. The highest BCUT2D eigenvalue weighted by Crippen LogP contribution is 2.47. The SMILES string of the molecule is c1ccc2cc(-c3cc(-n4c5ccc6ccccc6c5c5cc6ccccc6c(-c6ccc7c8ccccc8c8ccccc8c7c6)c54)nc4ccccc34)ccc2c1. The number of fused-ring (bicyclic) bond motifs is 14. The van der Waals surface area contributed by atoms with Crippen molar-refractivity contribution in [3.63, 3.8) is 0 Å². The summed E-state index contributed by atoms with van der Waals surface area (Å²) in [5, 5.41) is 18.6. The Labute approximate surface area is 339 Å². The van der Waals surface area contributed by atoms with Crippen LogP contribution in [0.1, 0.15) is 0 Å². The second kappa shape index (κ2) is 12.3. The number of para-hydroxylation sites is 1. The van der Waals surface area contributed by atoms with Gasteiger partial charge in [-0.1, -0.05) is 170 Å². The Morgan fingerprint density at radius 3 is 1.64 bits per heavy atom.